The van der Waals surface area contributed by atoms with E-state index in [1.165, 1.54) is 0 Å². The molecule has 1 aromatic heterocycles. The molecule has 2 aliphatic heterocycles. The molecule has 6 nitrogen and oxygen atoms in total. The maximum absolute atomic E-state index is 12.6. The molecule has 2 aliphatic rings. The number of rotatable bonds is 6. The largest absolute Gasteiger partial charge is 0.350 e. The molecule has 1 atom stereocenters. The highest BCUT2D eigenvalue weighted by Gasteiger charge is 2.32. The number of nitrogens with zero attached hydrogens (tertiary/aromatic N) is 3. The number of carbonyl (C=O) groups is 2. The van der Waals surface area contributed by atoms with Gasteiger partial charge in [-0.25, -0.2) is 0 Å². The number of piperidine rings is 2. The minimum atomic E-state index is 0.0576. The standard InChI is InChI=1S/C21H32N4O2/c1-2-6-20(26)24-13-9-19(10-14-24)25-12-5-7-17(16-25)21(27)23-15-18-8-3-4-11-22-18/h3-4,8,11,17,19H,2,5-7,9-10,12-16H2,1H3,(H,23,27). The molecule has 0 spiro atoms. The molecule has 2 saturated heterocycles. The lowest BCUT2D eigenvalue weighted by Crippen LogP contribution is -2.51. The van der Waals surface area contributed by atoms with Gasteiger partial charge in [-0.05, 0) is 50.8 Å². The van der Waals surface area contributed by atoms with Crippen molar-refractivity contribution in [3.63, 3.8) is 0 Å². The highest BCUT2D eigenvalue weighted by Crippen LogP contribution is 2.24. The van der Waals surface area contributed by atoms with Crippen LogP contribution in [0.5, 0.6) is 0 Å². The van der Waals surface area contributed by atoms with E-state index in [4.69, 9.17) is 0 Å². The zero-order chi connectivity index (χ0) is 19.1. The normalized spacial score (nSPS) is 21.8. The van der Waals surface area contributed by atoms with Gasteiger partial charge in [-0.2, -0.15) is 0 Å². The van der Waals surface area contributed by atoms with Crippen molar-refractivity contribution < 1.29 is 9.59 Å². The minimum Gasteiger partial charge on any atom is -0.350 e. The highest BCUT2D eigenvalue weighted by molar-refractivity contribution is 5.79. The Bertz CT molecular complexity index is 614. The fraction of sp³-hybridized carbons (Fsp3) is 0.667. The molecular formula is C21H32N4O2. The smallest absolute Gasteiger partial charge is 0.224 e. The van der Waals surface area contributed by atoms with E-state index in [0.717, 1.165) is 64.0 Å². The van der Waals surface area contributed by atoms with Crippen LogP contribution < -0.4 is 5.32 Å². The Morgan fingerprint density at radius 3 is 2.70 bits per heavy atom. The lowest BCUT2D eigenvalue weighted by molar-refractivity contribution is -0.133. The Kier molecular flexibility index (Phi) is 7.21. The summed E-state index contributed by atoms with van der Waals surface area (Å²) in [7, 11) is 0. The fourth-order valence-electron chi connectivity index (χ4n) is 4.23. The van der Waals surface area contributed by atoms with Gasteiger partial charge in [0.05, 0.1) is 18.2 Å². The summed E-state index contributed by atoms with van der Waals surface area (Å²) in [6.07, 6.45) is 7.40. The number of carbonyl (C=O) groups excluding carboxylic acids is 2. The van der Waals surface area contributed by atoms with Crippen LogP contribution in [0.1, 0.15) is 51.1 Å². The summed E-state index contributed by atoms with van der Waals surface area (Å²) in [5, 5.41) is 3.05. The number of nitrogens with one attached hydrogen (secondary N) is 1. The van der Waals surface area contributed by atoms with E-state index in [1.54, 1.807) is 6.20 Å². The summed E-state index contributed by atoms with van der Waals surface area (Å²) in [6, 6.07) is 6.25. The second-order valence-electron chi connectivity index (χ2n) is 7.73. The Labute approximate surface area is 162 Å². The molecule has 27 heavy (non-hydrogen) atoms. The van der Waals surface area contributed by atoms with Crippen molar-refractivity contribution in [3.8, 4) is 0 Å². The third-order valence-electron chi connectivity index (χ3n) is 5.79. The Morgan fingerprint density at radius 2 is 2.00 bits per heavy atom. The monoisotopic (exact) mass is 372 g/mol. The summed E-state index contributed by atoms with van der Waals surface area (Å²) in [4.78, 5) is 33.4. The van der Waals surface area contributed by atoms with Gasteiger partial charge >= 0.3 is 0 Å². The van der Waals surface area contributed by atoms with Crippen molar-refractivity contribution in [2.24, 2.45) is 5.92 Å². The zero-order valence-corrected chi connectivity index (χ0v) is 16.4. The molecular weight excluding hydrogens is 340 g/mol. The second kappa shape index (κ2) is 9.83. The molecule has 0 aromatic carbocycles. The van der Waals surface area contributed by atoms with E-state index in [0.29, 0.717) is 24.9 Å². The fourth-order valence-corrected chi connectivity index (χ4v) is 4.23. The van der Waals surface area contributed by atoms with Crippen LogP contribution in [0.15, 0.2) is 24.4 Å². The lowest BCUT2D eigenvalue weighted by Gasteiger charge is -2.42. The summed E-state index contributed by atoms with van der Waals surface area (Å²) in [6.45, 7) is 6.16. The number of hydrogen-bond acceptors (Lipinski definition) is 4. The molecule has 3 heterocycles. The topological polar surface area (TPSA) is 65.5 Å². The summed E-state index contributed by atoms with van der Waals surface area (Å²) >= 11 is 0. The van der Waals surface area contributed by atoms with Gasteiger partial charge in [0.1, 0.15) is 0 Å². The highest BCUT2D eigenvalue weighted by atomic mass is 16.2. The van der Waals surface area contributed by atoms with Crippen LogP contribution in [0.4, 0.5) is 0 Å². The van der Waals surface area contributed by atoms with Gasteiger partial charge in [-0.15, -0.1) is 0 Å². The van der Waals surface area contributed by atoms with Gasteiger partial charge < -0.3 is 10.2 Å². The van der Waals surface area contributed by atoms with Crippen LogP contribution in [0, 0.1) is 5.92 Å². The van der Waals surface area contributed by atoms with Gasteiger partial charge in [0.15, 0.2) is 0 Å². The van der Waals surface area contributed by atoms with E-state index >= 15 is 0 Å². The third-order valence-corrected chi connectivity index (χ3v) is 5.79. The van der Waals surface area contributed by atoms with Crippen LogP contribution in [0.25, 0.3) is 0 Å². The first-order valence-corrected chi connectivity index (χ1v) is 10.4. The SMILES string of the molecule is CCCC(=O)N1CCC(N2CCCC(C(=O)NCc3ccccn3)C2)CC1. The van der Waals surface area contributed by atoms with Gasteiger partial charge in [0.25, 0.3) is 0 Å². The first kappa shape index (κ1) is 19.8. The number of hydrogen-bond donors (Lipinski definition) is 1. The first-order valence-electron chi connectivity index (χ1n) is 10.4. The first-order chi connectivity index (χ1) is 13.2. The molecule has 1 unspecified atom stereocenters. The summed E-state index contributed by atoms with van der Waals surface area (Å²) in [5.74, 6) is 0.490. The zero-order valence-electron chi connectivity index (χ0n) is 16.4. The second-order valence-corrected chi connectivity index (χ2v) is 7.73. The lowest BCUT2D eigenvalue weighted by atomic mass is 9.93. The third kappa shape index (κ3) is 5.51. The van der Waals surface area contributed by atoms with Crippen molar-refractivity contribution in [1.29, 1.82) is 0 Å². The van der Waals surface area contributed by atoms with Gasteiger partial charge in [-0.3, -0.25) is 19.5 Å². The molecule has 0 aliphatic carbocycles. The van der Waals surface area contributed by atoms with Gasteiger partial charge in [-0.1, -0.05) is 13.0 Å². The van der Waals surface area contributed by atoms with Crippen molar-refractivity contribution >= 4 is 11.8 Å². The van der Waals surface area contributed by atoms with Crippen LogP contribution in [0.2, 0.25) is 0 Å². The summed E-state index contributed by atoms with van der Waals surface area (Å²) in [5.41, 5.74) is 0.891. The molecule has 1 N–H and O–H groups in total. The molecule has 148 valence electrons. The number of pyridine rings is 1. The van der Waals surface area contributed by atoms with Crippen LogP contribution >= 0.6 is 0 Å². The quantitative estimate of drug-likeness (QED) is 0.831. The average Bonchev–Trinajstić information content (AvgIpc) is 2.73. The van der Waals surface area contributed by atoms with Crippen LogP contribution in [0.3, 0.4) is 0 Å². The summed E-state index contributed by atoms with van der Waals surface area (Å²) < 4.78 is 0. The number of amides is 2. The molecule has 0 bridgehead atoms. The van der Waals surface area contributed by atoms with E-state index in [-0.39, 0.29) is 11.8 Å². The minimum absolute atomic E-state index is 0.0576. The average molecular weight is 373 g/mol. The van der Waals surface area contributed by atoms with E-state index in [9.17, 15) is 9.59 Å². The number of likely N-dealkylation sites (tertiary alicyclic amines) is 2. The predicted octanol–water partition coefficient (Wildman–Crippen LogP) is 2.20. The molecule has 2 amide bonds. The molecule has 6 heteroatoms. The predicted molar refractivity (Wildman–Crippen MR) is 105 cm³/mol. The van der Waals surface area contributed by atoms with E-state index < -0.39 is 0 Å². The molecule has 2 fully saturated rings. The van der Waals surface area contributed by atoms with Crippen LogP contribution in [-0.2, 0) is 16.1 Å². The Hall–Kier alpha value is -1.95. The van der Waals surface area contributed by atoms with Crippen molar-refractivity contribution in [3.05, 3.63) is 30.1 Å². The molecule has 3 rings (SSSR count). The van der Waals surface area contributed by atoms with Crippen LogP contribution in [-0.4, -0.2) is 58.8 Å². The van der Waals surface area contributed by atoms with Crippen molar-refractivity contribution in [2.75, 3.05) is 26.2 Å². The van der Waals surface area contributed by atoms with Gasteiger partial charge in [0, 0.05) is 38.3 Å². The van der Waals surface area contributed by atoms with E-state index in [1.807, 2.05) is 23.1 Å². The van der Waals surface area contributed by atoms with Gasteiger partial charge in [0.2, 0.25) is 11.8 Å². The van der Waals surface area contributed by atoms with Crippen molar-refractivity contribution in [1.82, 2.24) is 20.1 Å². The molecule has 0 saturated carbocycles. The maximum Gasteiger partial charge on any atom is 0.224 e. The number of aromatic nitrogens is 1. The molecule has 1 aromatic rings. The Morgan fingerprint density at radius 1 is 1.19 bits per heavy atom. The maximum atomic E-state index is 12.6. The Balaban J connectivity index is 1.45. The van der Waals surface area contributed by atoms with Crippen molar-refractivity contribution in [2.45, 2.75) is 58.0 Å². The molecule has 0 radical (unpaired) electrons. The van der Waals surface area contributed by atoms with E-state index in [2.05, 4.69) is 22.1 Å².